The summed E-state index contributed by atoms with van der Waals surface area (Å²) in [6.07, 6.45) is 5.62. The van der Waals surface area contributed by atoms with E-state index >= 15 is 4.39 Å². The van der Waals surface area contributed by atoms with Crippen LogP contribution in [0.1, 0.15) is 54.8 Å². The van der Waals surface area contributed by atoms with Crippen molar-refractivity contribution >= 4 is 32.4 Å². The number of alkyl halides is 2. The molecule has 11 heteroatoms. The Morgan fingerprint density at radius 1 is 1.17 bits per heavy atom. The first kappa shape index (κ1) is 23.1. The molecular weight excluding hydrogens is 489 g/mol. The molecule has 1 saturated carbocycles. The second-order valence-electron chi connectivity index (χ2n) is 9.20. The summed E-state index contributed by atoms with van der Waals surface area (Å²) in [5.41, 5.74) is 2.35. The zero-order valence-corrected chi connectivity index (χ0v) is 20.5. The quantitative estimate of drug-likeness (QED) is 0.317. The fourth-order valence-corrected chi connectivity index (χ4v) is 5.15. The molecule has 0 N–H and O–H groups in total. The van der Waals surface area contributed by atoms with Crippen LogP contribution in [0.2, 0.25) is 0 Å². The molecule has 1 aliphatic heterocycles. The molecule has 0 unspecified atom stereocenters. The predicted octanol–water partition coefficient (Wildman–Crippen LogP) is 5.97. The Hall–Kier alpha value is -3.31. The van der Waals surface area contributed by atoms with Crippen LogP contribution in [0.25, 0.3) is 27.2 Å². The number of thiazole rings is 1. The molecular formula is C25H23F3N6OS. The number of hydrogen-bond donors (Lipinski definition) is 0. The lowest BCUT2D eigenvalue weighted by molar-refractivity contribution is 0.0825. The summed E-state index contributed by atoms with van der Waals surface area (Å²) >= 11 is 1.33. The van der Waals surface area contributed by atoms with Crippen LogP contribution in [-0.2, 0) is 4.74 Å². The second-order valence-corrected chi connectivity index (χ2v) is 10.2. The summed E-state index contributed by atoms with van der Waals surface area (Å²) in [7, 11) is 3.72. The smallest absolute Gasteiger partial charge is 0.263 e. The molecule has 36 heavy (non-hydrogen) atoms. The van der Waals surface area contributed by atoms with Gasteiger partial charge >= 0.3 is 0 Å². The Labute approximate surface area is 209 Å². The third-order valence-corrected chi connectivity index (χ3v) is 7.52. The molecule has 0 spiro atoms. The Balaban J connectivity index is 1.45. The molecule has 0 radical (unpaired) electrons. The van der Waals surface area contributed by atoms with Crippen LogP contribution in [0, 0.1) is 5.82 Å². The maximum Gasteiger partial charge on any atom is 0.263 e. The van der Waals surface area contributed by atoms with E-state index in [1.165, 1.54) is 23.5 Å². The van der Waals surface area contributed by atoms with Crippen LogP contribution < -0.4 is 4.90 Å². The minimum absolute atomic E-state index is 0.136. The molecule has 1 atom stereocenters. The van der Waals surface area contributed by atoms with Gasteiger partial charge in [-0.05, 0) is 43.0 Å². The van der Waals surface area contributed by atoms with E-state index in [0.29, 0.717) is 46.1 Å². The number of ether oxygens (including phenoxy) is 1. The van der Waals surface area contributed by atoms with E-state index in [-0.39, 0.29) is 17.2 Å². The summed E-state index contributed by atoms with van der Waals surface area (Å²) in [6.45, 7) is 0.472. The first-order valence-corrected chi connectivity index (χ1v) is 12.5. The van der Waals surface area contributed by atoms with Gasteiger partial charge < -0.3 is 9.64 Å². The highest BCUT2D eigenvalue weighted by Gasteiger charge is 2.27. The van der Waals surface area contributed by atoms with Gasteiger partial charge in [0.15, 0.2) is 16.6 Å². The van der Waals surface area contributed by atoms with Crippen molar-refractivity contribution in [3.63, 3.8) is 0 Å². The Bertz CT molecular complexity index is 1480. The van der Waals surface area contributed by atoms with Gasteiger partial charge in [-0.1, -0.05) is 17.4 Å². The third-order valence-electron chi connectivity index (χ3n) is 6.30. The number of benzene rings is 1. The van der Waals surface area contributed by atoms with E-state index < -0.39 is 12.2 Å². The molecule has 3 aromatic heterocycles. The molecule has 0 saturated heterocycles. The normalized spacial score (nSPS) is 18.2. The highest BCUT2D eigenvalue weighted by molar-refractivity contribution is 7.22. The molecule has 7 nitrogen and oxygen atoms in total. The van der Waals surface area contributed by atoms with E-state index in [2.05, 4.69) is 10.1 Å². The summed E-state index contributed by atoms with van der Waals surface area (Å²) < 4.78 is 49.9. The van der Waals surface area contributed by atoms with Gasteiger partial charge in [0.25, 0.3) is 6.43 Å². The minimum atomic E-state index is -2.76. The van der Waals surface area contributed by atoms with E-state index in [4.69, 9.17) is 14.7 Å². The van der Waals surface area contributed by atoms with Crippen molar-refractivity contribution < 1.29 is 17.9 Å². The van der Waals surface area contributed by atoms with E-state index in [9.17, 15) is 8.78 Å². The van der Waals surface area contributed by atoms with Gasteiger partial charge in [0.1, 0.15) is 16.6 Å². The van der Waals surface area contributed by atoms with E-state index in [0.717, 1.165) is 30.0 Å². The van der Waals surface area contributed by atoms with Crippen molar-refractivity contribution in [2.24, 2.45) is 0 Å². The molecule has 1 aromatic carbocycles. The topological polar surface area (TPSA) is 69.0 Å². The van der Waals surface area contributed by atoms with Gasteiger partial charge in [0.05, 0.1) is 24.5 Å². The third kappa shape index (κ3) is 4.26. The predicted molar refractivity (Wildman–Crippen MR) is 132 cm³/mol. The number of halogens is 3. The van der Waals surface area contributed by atoms with Crippen molar-refractivity contribution in [3.8, 4) is 11.3 Å². The second kappa shape index (κ2) is 8.97. The van der Waals surface area contributed by atoms with Crippen molar-refractivity contribution in [1.29, 1.82) is 0 Å². The van der Waals surface area contributed by atoms with Crippen LogP contribution in [0.15, 0.2) is 36.7 Å². The first-order valence-electron chi connectivity index (χ1n) is 11.7. The molecule has 4 aromatic rings. The fraction of sp³-hybridized carbons (Fsp3) is 0.360. The molecule has 0 bridgehead atoms. The standard InChI is InChI=1S/C25H23F3N6OS/c1-33(2)25-32-24-21(36-25)20(17-6-3-13(22(27)28)9-18(17)26)30-23(31-24)14-7-8-35-19(10-14)15-11-29-34(12-15)16-4-5-16/h3,6,9-12,16,19,22H,4-5,7-8H2,1-2H3/t19-/m1/s1. The van der Waals surface area contributed by atoms with Crippen molar-refractivity contribution in [3.05, 3.63) is 59.4 Å². The molecule has 2 aliphatic rings. The van der Waals surface area contributed by atoms with E-state index in [1.54, 1.807) is 0 Å². The number of hydrogen-bond acceptors (Lipinski definition) is 7. The van der Waals surface area contributed by atoms with Crippen molar-refractivity contribution in [2.45, 2.75) is 37.8 Å². The van der Waals surface area contributed by atoms with Gasteiger partial charge in [-0.3, -0.25) is 4.68 Å². The number of fused-ring (bicyclic) bond motifs is 1. The minimum Gasteiger partial charge on any atom is -0.369 e. The fourth-order valence-electron chi connectivity index (χ4n) is 4.22. The van der Waals surface area contributed by atoms with Gasteiger partial charge in [0, 0.05) is 37.0 Å². The molecule has 0 amide bonds. The van der Waals surface area contributed by atoms with Gasteiger partial charge in [-0.2, -0.15) is 10.1 Å². The highest BCUT2D eigenvalue weighted by Crippen LogP contribution is 2.39. The molecule has 6 rings (SSSR count). The summed E-state index contributed by atoms with van der Waals surface area (Å²) in [5.74, 6) is -0.335. The SMILES string of the molecule is CN(C)c1nc2nc(C3=C[C@H](c4cnn(C5CC5)c4)OCC3)nc(-c3ccc(C(F)F)cc3F)c2s1. The molecule has 1 aliphatic carbocycles. The van der Waals surface area contributed by atoms with E-state index in [1.807, 2.05) is 42.1 Å². The van der Waals surface area contributed by atoms with Crippen LogP contribution in [-0.4, -0.2) is 45.4 Å². The number of anilines is 1. The first-order chi connectivity index (χ1) is 17.4. The highest BCUT2D eigenvalue weighted by atomic mass is 32.1. The van der Waals surface area contributed by atoms with Crippen LogP contribution in [0.5, 0.6) is 0 Å². The Morgan fingerprint density at radius 2 is 2.00 bits per heavy atom. The summed E-state index contributed by atoms with van der Waals surface area (Å²) in [4.78, 5) is 15.9. The monoisotopic (exact) mass is 512 g/mol. The Kier molecular flexibility index (Phi) is 5.76. The number of rotatable bonds is 6. The average Bonchev–Trinajstić information content (AvgIpc) is 3.42. The largest absolute Gasteiger partial charge is 0.369 e. The van der Waals surface area contributed by atoms with Gasteiger partial charge in [-0.25, -0.2) is 23.1 Å². The van der Waals surface area contributed by atoms with Crippen LogP contribution >= 0.6 is 11.3 Å². The van der Waals surface area contributed by atoms with Gasteiger partial charge in [-0.15, -0.1) is 0 Å². The van der Waals surface area contributed by atoms with Crippen molar-refractivity contribution in [2.75, 3.05) is 25.6 Å². The van der Waals surface area contributed by atoms with Gasteiger partial charge in [0.2, 0.25) is 0 Å². The van der Waals surface area contributed by atoms with Crippen molar-refractivity contribution in [1.82, 2.24) is 24.7 Å². The average molecular weight is 513 g/mol. The molecule has 4 heterocycles. The Morgan fingerprint density at radius 3 is 2.72 bits per heavy atom. The number of aromatic nitrogens is 5. The summed E-state index contributed by atoms with van der Waals surface area (Å²) in [6, 6.07) is 3.92. The molecule has 186 valence electrons. The summed E-state index contributed by atoms with van der Waals surface area (Å²) in [5, 5.41) is 5.15. The lowest BCUT2D eigenvalue weighted by atomic mass is 10.0. The van der Waals surface area contributed by atoms with Crippen LogP contribution in [0.4, 0.5) is 18.3 Å². The zero-order chi connectivity index (χ0) is 25.0. The lowest BCUT2D eigenvalue weighted by Gasteiger charge is -2.21. The van der Waals surface area contributed by atoms with Crippen LogP contribution in [0.3, 0.4) is 0 Å². The lowest BCUT2D eigenvalue weighted by Crippen LogP contribution is -2.11. The molecule has 1 fully saturated rings. The maximum atomic E-state index is 15.1. The maximum absolute atomic E-state index is 15.1. The zero-order valence-electron chi connectivity index (χ0n) is 19.7. The number of nitrogens with zero attached hydrogens (tertiary/aromatic N) is 6.